The molecule has 7 heteroatoms. The zero-order valence-corrected chi connectivity index (χ0v) is 14.5. The van der Waals surface area contributed by atoms with E-state index in [1.54, 1.807) is 24.4 Å². The minimum Gasteiger partial charge on any atom is -0.274 e. The van der Waals surface area contributed by atoms with Crippen LogP contribution in [0.3, 0.4) is 0 Å². The predicted molar refractivity (Wildman–Crippen MR) is 91.3 cm³/mol. The van der Waals surface area contributed by atoms with Crippen LogP contribution in [0.15, 0.2) is 41.4 Å². The van der Waals surface area contributed by atoms with Crippen LogP contribution in [-0.2, 0) is 27.7 Å². The Morgan fingerprint density at radius 3 is 2.60 bits per heavy atom. The molecule has 0 spiro atoms. The molecule has 1 fully saturated rings. The number of carbonyl (C=O) groups excluding carboxylic acids is 1. The molecule has 0 aliphatic heterocycles. The molecule has 1 aromatic carbocycles. The van der Waals surface area contributed by atoms with Crippen LogP contribution < -0.4 is 4.72 Å². The minimum absolute atomic E-state index is 0.0944. The van der Waals surface area contributed by atoms with Gasteiger partial charge in [0.15, 0.2) is 0 Å². The van der Waals surface area contributed by atoms with Crippen molar-refractivity contribution < 1.29 is 13.2 Å². The van der Waals surface area contributed by atoms with E-state index in [2.05, 4.69) is 14.7 Å². The Morgan fingerprint density at radius 2 is 1.88 bits per heavy atom. The molecule has 1 amide bonds. The van der Waals surface area contributed by atoms with Crippen molar-refractivity contribution in [3.05, 3.63) is 53.6 Å². The molecule has 2 aromatic rings. The van der Waals surface area contributed by atoms with E-state index in [1.807, 2.05) is 0 Å². The Hall–Kier alpha value is -2.28. The highest BCUT2D eigenvalue weighted by Gasteiger charge is 2.31. The number of amides is 1. The molecule has 1 atom stereocenters. The molecule has 1 aromatic heterocycles. The Bertz CT molecular complexity index is 908. The fourth-order valence-electron chi connectivity index (χ4n) is 3.16. The molecule has 2 aliphatic carbocycles. The fraction of sp³-hybridized carbons (Fsp3) is 0.389. The first-order valence-electron chi connectivity index (χ1n) is 8.49. The van der Waals surface area contributed by atoms with Crippen LogP contribution in [0.25, 0.3) is 0 Å². The predicted octanol–water partition coefficient (Wildman–Crippen LogP) is 1.96. The van der Waals surface area contributed by atoms with Gasteiger partial charge in [0.05, 0.1) is 4.90 Å². The van der Waals surface area contributed by atoms with E-state index in [0.29, 0.717) is 25.2 Å². The average Bonchev–Trinajstić information content (AvgIpc) is 3.46. The lowest BCUT2D eigenvalue weighted by Crippen LogP contribution is -2.38. The Kier molecular flexibility index (Phi) is 4.03. The summed E-state index contributed by atoms with van der Waals surface area (Å²) in [5.74, 6) is 0.581. The van der Waals surface area contributed by atoms with Crippen LogP contribution in [0.4, 0.5) is 0 Å². The monoisotopic (exact) mass is 357 g/mol. The van der Waals surface area contributed by atoms with Crippen molar-refractivity contribution in [2.24, 2.45) is 5.92 Å². The molecule has 130 valence electrons. The maximum Gasteiger partial charge on any atom is 0.264 e. The van der Waals surface area contributed by atoms with Gasteiger partial charge in [-0.15, -0.1) is 0 Å². The van der Waals surface area contributed by atoms with E-state index in [1.165, 1.54) is 12.1 Å². The van der Waals surface area contributed by atoms with Crippen molar-refractivity contribution in [2.45, 2.75) is 42.9 Å². The first kappa shape index (κ1) is 16.2. The molecule has 0 bridgehead atoms. The van der Waals surface area contributed by atoms with Gasteiger partial charge in [-0.1, -0.05) is 18.2 Å². The molecule has 0 radical (unpaired) electrons. The van der Waals surface area contributed by atoms with Crippen LogP contribution in [0.5, 0.6) is 0 Å². The van der Waals surface area contributed by atoms with Crippen molar-refractivity contribution in [1.82, 2.24) is 14.7 Å². The smallest absolute Gasteiger partial charge is 0.264 e. The van der Waals surface area contributed by atoms with Gasteiger partial charge < -0.3 is 0 Å². The highest BCUT2D eigenvalue weighted by Crippen LogP contribution is 2.38. The highest BCUT2D eigenvalue weighted by molar-refractivity contribution is 7.90. The molecule has 1 N–H and O–H groups in total. The highest BCUT2D eigenvalue weighted by atomic mass is 32.2. The second-order valence-corrected chi connectivity index (χ2v) is 8.38. The molecule has 0 saturated heterocycles. The standard InChI is InChI=1S/C18H19N3O3S/c22-18(21-25(23,24)15-4-2-1-3-5-15)13-8-9-16-14(10-13)11-19-17(20-16)12-6-7-12/h1-5,11-13H,6-10H2,(H,21,22). The summed E-state index contributed by atoms with van der Waals surface area (Å²) in [7, 11) is -3.83. The number of rotatable bonds is 4. The number of fused-ring (bicyclic) bond motifs is 1. The van der Waals surface area contributed by atoms with Gasteiger partial charge >= 0.3 is 0 Å². The summed E-state index contributed by atoms with van der Waals surface area (Å²) in [5, 5.41) is 0. The van der Waals surface area contributed by atoms with Crippen molar-refractivity contribution in [3.8, 4) is 0 Å². The van der Waals surface area contributed by atoms with Crippen LogP contribution in [0.1, 0.15) is 42.3 Å². The third-order valence-corrected chi connectivity index (χ3v) is 6.13. The van der Waals surface area contributed by atoms with Crippen molar-refractivity contribution in [2.75, 3.05) is 0 Å². The topological polar surface area (TPSA) is 89.0 Å². The number of hydrogen-bond donors (Lipinski definition) is 1. The zero-order chi connectivity index (χ0) is 17.4. The number of benzene rings is 1. The first-order valence-corrected chi connectivity index (χ1v) is 9.97. The first-order chi connectivity index (χ1) is 12.0. The number of aromatic nitrogens is 2. The summed E-state index contributed by atoms with van der Waals surface area (Å²) >= 11 is 0. The fourth-order valence-corrected chi connectivity index (χ4v) is 4.22. The van der Waals surface area contributed by atoms with Crippen molar-refractivity contribution in [3.63, 3.8) is 0 Å². The van der Waals surface area contributed by atoms with Crippen LogP contribution in [0.2, 0.25) is 0 Å². The summed E-state index contributed by atoms with van der Waals surface area (Å²) in [6, 6.07) is 7.93. The molecule has 1 saturated carbocycles. The maximum absolute atomic E-state index is 12.5. The quantitative estimate of drug-likeness (QED) is 0.903. The van der Waals surface area contributed by atoms with Gasteiger partial charge in [0.25, 0.3) is 10.0 Å². The van der Waals surface area contributed by atoms with Crippen LogP contribution >= 0.6 is 0 Å². The van der Waals surface area contributed by atoms with Gasteiger partial charge in [-0.2, -0.15) is 0 Å². The summed E-state index contributed by atoms with van der Waals surface area (Å²) < 4.78 is 26.8. The van der Waals surface area contributed by atoms with Crippen LogP contribution in [0, 0.1) is 5.92 Å². The van der Waals surface area contributed by atoms with E-state index in [9.17, 15) is 13.2 Å². The van der Waals surface area contributed by atoms with Gasteiger partial charge in [-0.25, -0.2) is 23.1 Å². The summed E-state index contributed by atoms with van der Waals surface area (Å²) in [6.45, 7) is 0. The Balaban J connectivity index is 1.47. The van der Waals surface area contributed by atoms with Gasteiger partial charge in [0, 0.05) is 23.7 Å². The molecular formula is C18H19N3O3S. The summed E-state index contributed by atoms with van der Waals surface area (Å²) in [6.07, 6.45) is 5.88. The van der Waals surface area contributed by atoms with E-state index < -0.39 is 15.9 Å². The molecule has 1 heterocycles. The lowest BCUT2D eigenvalue weighted by atomic mass is 9.87. The van der Waals surface area contributed by atoms with Gasteiger partial charge in [-0.05, 0) is 49.8 Å². The third kappa shape index (κ3) is 3.42. The van der Waals surface area contributed by atoms with Gasteiger partial charge in [-0.3, -0.25) is 4.79 Å². The van der Waals surface area contributed by atoms with Gasteiger partial charge in [0.1, 0.15) is 5.82 Å². The molecule has 1 unspecified atom stereocenters. The maximum atomic E-state index is 12.5. The van der Waals surface area contributed by atoms with Gasteiger partial charge in [0.2, 0.25) is 5.91 Å². The molecule has 4 rings (SSSR count). The molecule has 25 heavy (non-hydrogen) atoms. The van der Waals surface area contributed by atoms with Crippen molar-refractivity contribution >= 4 is 15.9 Å². The second kappa shape index (κ2) is 6.22. The van der Waals surface area contributed by atoms with E-state index in [0.717, 1.165) is 29.9 Å². The number of aryl methyl sites for hydroxylation is 1. The molecule has 2 aliphatic rings. The lowest BCUT2D eigenvalue weighted by Gasteiger charge is -2.23. The average molecular weight is 357 g/mol. The Labute approximate surface area is 146 Å². The molecule has 6 nitrogen and oxygen atoms in total. The lowest BCUT2D eigenvalue weighted by molar-refractivity contribution is -0.123. The number of nitrogens with zero attached hydrogens (tertiary/aromatic N) is 2. The number of carbonyl (C=O) groups is 1. The van der Waals surface area contributed by atoms with E-state index in [-0.39, 0.29) is 10.8 Å². The SMILES string of the molecule is O=C(NS(=O)(=O)c1ccccc1)C1CCc2nc(C3CC3)ncc2C1. The minimum atomic E-state index is -3.83. The second-order valence-electron chi connectivity index (χ2n) is 6.70. The van der Waals surface area contributed by atoms with Crippen molar-refractivity contribution in [1.29, 1.82) is 0 Å². The zero-order valence-electron chi connectivity index (χ0n) is 13.7. The Morgan fingerprint density at radius 1 is 1.12 bits per heavy atom. The van der Waals surface area contributed by atoms with Crippen LogP contribution in [-0.4, -0.2) is 24.3 Å². The number of hydrogen-bond acceptors (Lipinski definition) is 5. The summed E-state index contributed by atoms with van der Waals surface area (Å²) in [5.41, 5.74) is 1.96. The van der Waals surface area contributed by atoms with E-state index in [4.69, 9.17) is 0 Å². The normalized spacial score (nSPS) is 19.9. The number of nitrogens with one attached hydrogen (secondary N) is 1. The number of sulfonamides is 1. The summed E-state index contributed by atoms with van der Waals surface area (Å²) in [4.78, 5) is 21.6. The molecular weight excluding hydrogens is 338 g/mol. The van der Waals surface area contributed by atoms with E-state index >= 15 is 0 Å². The largest absolute Gasteiger partial charge is 0.274 e. The third-order valence-electron chi connectivity index (χ3n) is 4.77.